The van der Waals surface area contributed by atoms with Crippen LogP contribution in [-0.2, 0) is 9.53 Å². The van der Waals surface area contributed by atoms with Crippen LogP contribution in [0.2, 0.25) is 0 Å². The number of ether oxygens (including phenoxy) is 1. The lowest BCUT2D eigenvalue weighted by Crippen LogP contribution is -2.24. The first-order valence-corrected chi connectivity index (χ1v) is 11.4. The second-order valence-corrected chi connectivity index (χ2v) is 8.72. The summed E-state index contributed by atoms with van der Waals surface area (Å²) in [5.74, 6) is -0.0703. The molecule has 0 atom stereocenters. The molecule has 9 heteroatoms. The van der Waals surface area contributed by atoms with E-state index in [1.54, 1.807) is 16.8 Å². The number of nitrogens with zero attached hydrogens (tertiary/aromatic N) is 5. The summed E-state index contributed by atoms with van der Waals surface area (Å²) in [5.41, 5.74) is 4.32. The van der Waals surface area contributed by atoms with Crippen LogP contribution >= 0.6 is 0 Å². The third-order valence-corrected chi connectivity index (χ3v) is 6.36. The van der Waals surface area contributed by atoms with E-state index in [9.17, 15) is 14.9 Å². The zero-order chi connectivity index (χ0) is 24.4. The summed E-state index contributed by atoms with van der Waals surface area (Å²) in [7, 11) is 0. The maximum atomic E-state index is 12.6. The molecule has 176 valence electrons. The van der Waals surface area contributed by atoms with Gasteiger partial charge in [-0.05, 0) is 64.3 Å². The first-order valence-electron chi connectivity index (χ1n) is 11.4. The molecule has 9 nitrogen and oxygen atoms in total. The van der Waals surface area contributed by atoms with Crippen LogP contribution in [0.5, 0.6) is 0 Å². The Morgan fingerprint density at radius 3 is 2.53 bits per heavy atom. The Balaban J connectivity index is 1.43. The Kier molecular flexibility index (Phi) is 6.50. The van der Waals surface area contributed by atoms with Crippen molar-refractivity contribution in [3.05, 3.63) is 58.2 Å². The van der Waals surface area contributed by atoms with E-state index in [0.29, 0.717) is 17.2 Å². The minimum atomic E-state index is -0.651. The first-order chi connectivity index (χ1) is 16.3. The standard InChI is InChI=1S/C25H28N6O3/c1-15-11-16(2)31(29-15)22-10-9-19(13-27-22)25(33)34-14-23(32)28-24-21(12-26)17(3)18(4)30(24)20-7-5-6-8-20/h9-11,13,20H,5-8,14H2,1-4H3,(H,28,32). The van der Waals surface area contributed by atoms with Gasteiger partial charge in [0.15, 0.2) is 12.4 Å². The number of amides is 1. The molecule has 34 heavy (non-hydrogen) atoms. The summed E-state index contributed by atoms with van der Waals surface area (Å²) in [6.45, 7) is 7.21. The number of aromatic nitrogens is 4. The number of aryl methyl sites for hydroxylation is 2. The molecular weight excluding hydrogens is 432 g/mol. The SMILES string of the molecule is Cc1cc(C)n(-c2ccc(C(=O)OCC(=O)Nc3c(C#N)c(C)c(C)n3C3CCCC3)cn2)n1. The number of nitriles is 1. The normalized spacial score (nSPS) is 13.6. The molecule has 1 saturated carbocycles. The van der Waals surface area contributed by atoms with Gasteiger partial charge in [0, 0.05) is 23.6 Å². The van der Waals surface area contributed by atoms with Crippen LogP contribution in [-0.4, -0.2) is 37.8 Å². The van der Waals surface area contributed by atoms with Gasteiger partial charge in [0.2, 0.25) is 0 Å². The van der Waals surface area contributed by atoms with Gasteiger partial charge in [0.1, 0.15) is 11.9 Å². The van der Waals surface area contributed by atoms with E-state index in [2.05, 4.69) is 26.0 Å². The lowest BCUT2D eigenvalue weighted by atomic mass is 10.2. The highest BCUT2D eigenvalue weighted by Crippen LogP contribution is 2.37. The van der Waals surface area contributed by atoms with Crippen LogP contribution in [0.15, 0.2) is 24.4 Å². The number of nitrogens with one attached hydrogen (secondary N) is 1. The van der Waals surface area contributed by atoms with Crippen LogP contribution in [0.3, 0.4) is 0 Å². The van der Waals surface area contributed by atoms with Crippen molar-refractivity contribution in [1.29, 1.82) is 5.26 Å². The van der Waals surface area contributed by atoms with E-state index in [4.69, 9.17) is 4.74 Å². The number of pyridine rings is 1. The Morgan fingerprint density at radius 1 is 1.21 bits per heavy atom. The number of rotatable bonds is 6. The molecule has 3 aromatic rings. The predicted molar refractivity (Wildman–Crippen MR) is 126 cm³/mol. The Labute approximate surface area is 198 Å². The monoisotopic (exact) mass is 460 g/mol. The van der Waals surface area contributed by atoms with Crippen molar-refractivity contribution in [2.45, 2.75) is 59.4 Å². The van der Waals surface area contributed by atoms with Crippen molar-refractivity contribution >= 4 is 17.7 Å². The Morgan fingerprint density at radius 2 is 1.94 bits per heavy atom. The summed E-state index contributed by atoms with van der Waals surface area (Å²) in [4.78, 5) is 29.4. The van der Waals surface area contributed by atoms with Gasteiger partial charge in [0.25, 0.3) is 5.91 Å². The average molecular weight is 461 g/mol. The molecule has 1 amide bonds. The first kappa shape index (κ1) is 23.2. The smallest absolute Gasteiger partial charge is 0.340 e. The van der Waals surface area contributed by atoms with Gasteiger partial charge in [-0.2, -0.15) is 10.4 Å². The molecule has 4 rings (SSSR count). The van der Waals surface area contributed by atoms with Crippen molar-refractivity contribution in [3.8, 4) is 11.9 Å². The van der Waals surface area contributed by atoms with E-state index in [0.717, 1.165) is 48.3 Å². The van der Waals surface area contributed by atoms with Crippen LogP contribution < -0.4 is 5.32 Å². The van der Waals surface area contributed by atoms with Gasteiger partial charge in [0.05, 0.1) is 16.8 Å². The highest BCUT2D eigenvalue weighted by atomic mass is 16.5. The fourth-order valence-corrected chi connectivity index (χ4v) is 4.58. The minimum Gasteiger partial charge on any atom is -0.452 e. The molecule has 0 unspecified atom stereocenters. The molecule has 1 N–H and O–H groups in total. The molecule has 0 saturated heterocycles. The van der Waals surface area contributed by atoms with Crippen LogP contribution in [0.4, 0.5) is 5.82 Å². The molecule has 1 fully saturated rings. The highest BCUT2D eigenvalue weighted by Gasteiger charge is 2.27. The van der Waals surface area contributed by atoms with Crippen LogP contribution in [0.25, 0.3) is 5.82 Å². The number of anilines is 1. The second-order valence-electron chi connectivity index (χ2n) is 8.72. The highest BCUT2D eigenvalue weighted by molar-refractivity contribution is 5.96. The molecule has 1 aliphatic carbocycles. The van der Waals surface area contributed by atoms with E-state index < -0.39 is 18.5 Å². The minimum absolute atomic E-state index is 0.233. The topological polar surface area (TPSA) is 115 Å². The number of carbonyl (C=O) groups excluding carboxylic acids is 2. The van der Waals surface area contributed by atoms with Crippen LogP contribution in [0.1, 0.15) is 70.3 Å². The molecule has 3 heterocycles. The molecule has 0 aliphatic heterocycles. The summed E-state index contributed by atoms with van der Waals surface area (Å²) in [5, 5.41) is 16.9. The molecule has 0 bridgehead atoms. The largest absolute Gasteiger partial charge is 0.452 e. The maximum Gasteiger partial charge on any atom is 0.340 e. The zero-order valence-electron chi connectivity index (χ0n) is 19.9. The van der Waals surface area contributed by atoms with Gasteiger partial charge in [-0.15, -0.1) is 0 Å². The van der Waals surface area contributed by atoms with E-state index >= 15 is 0 Å². The third-order valence-electron chi connectivity index (χ3n) is 6.36. The van der Waals surface area contributed by atoms with Gasteiger partial charge >= 0.3 is 5.97 Å². The molecule has 1 aliphatic rings. The molecule has 3 aromatic heterocycles. The number of esters is 1. The van der Waals surface area contributed by atoms with Crippen LogP contribution in [0, 0.1) is 39.0 Å². The van der Waals surface area contributed by atoms with Gasteiger partial charge in [-0.1, -0.05) is 12.8 Å². The number of hydrogen-bond acceptors (Lipinski definition) is 6. The second kappa shape index (κ2) is 9.51. The molecule has 0 spiro atoms. The van der Waals surface area contributed by atoms with Crippen molar-refractivity contribution in [2.24, 2.45) is 0 Å². The summed E-state index contributed by atoms with van der Waals surface area (Å²) in [6.07, 6.45) is 5.68. The van der Waals surface area contributed by atoms with E-state index in [-0.39, 0.29) is 11.6 Å². The molecule has 0 aromatic carbocycles. The molecule has 0 radical (unpaired) electrons. The summed E-state index contributed by atoms with van der Waals surface area (Å²) >= 11 is 0. The zero-order valence-corrected chi connectivity index (χ0v) is 19.9. The van der Waals surface area contributed by atoms with Crippen molar-refractivity contribution in [2.75, 3.05) is 11.9 Å². The van der Waals surface area contributed by atoms with Crippen molar-refractivity contribution in [1.82, 2.24) is 19.3 Å². The molecular formula is C25H28N6O3. The average Bonchev–Trinajstić information content (AvgIpc) is 3.52. The van der Waals surface area contributed by atoms with Crippen molar-refractivity contribution in [3.63, 3.8) is 0 Å². The van der Waals surface area contributed by atoms with Crippen molar-refractivity contribution < 1.29 is 14.3 Å². The predicted octanol–water partition coefficient (Wildman–Crippen LogP) is 4.08. The maximum absolute atomic E-state index is 12.6. The number of hydrogen-bond donors (Lipinski definition) is 1. The van der Waals surface area contributed by atoms with E-state index in [1.807, 2.05) is 33.8 Å². The Bertz CT molecular complexity index is 1270. The quantitative estimate of drug-likeness (QED) is 0.554. The number of carbonyl (C=O) groups is 2. The third kappa shape index (κ3) is 4.44. The van der Waals surface area contributed by atoms with Gasteiger partial charge < -0.3 is 14.6 Å². The fourth-order valence-electron chi connectivity index (χ4n) is 4.58. The Hall–Kier alpha value is -3.93. The van der Waals surface area contributed by atoms with Gasteiger partial charge in [-0.3, -0.25) is 4.79 Å². The lowest BCUT2D eigenvalue weighted by molar-refractivity contribution is -0.119. The van der Waals surface area contributed by atoms with Gasteiger partial charge in [-0.25, -0.2) is 14.5 Å². The lowest BCUT2D eigenvalue weighted by Gasteiger charge is -2.19. The summed E-state index contributed by atoms with van der Waals surface area (Å²) in [6, 6.07) is 7.67. The fraction of sp³-hybridized carbons (Fsp3) is 0.400. The summed E-state index contributed by atoms with van der Waals surface area (Å²) < 4.78 is 8.95. The van der Waals surface area contributed by atoms with E-state index in [1.165, 1.54) is 6.20 Å².